The highest BCUT2D eigenvalue weighted by molar-refractivity contribution is 5.79. The zero-order valence-corrected chi connectivity index (χ0v) is 7.82. The summed E-state index contributed by atoms with van der Waals surface area (Å²) in [5.41, 5.74) is 6.98. The topological polar surface area (TPSA) is 79.9 Å². The van der Waals surface area contributed by atoms with Crippen molar-refractivity contribution < 1.29 is 23.1 Å². The maximum atomic E-state index is 11.8. The largest absolute Gasteiger partial charge is 0.573 e. The third kappa shape index (κ3) is 4.05. The molecule has 16 heavy (non-hydrogen) atoms. The summed E-state index contributed by atoms with van der Waals surface area (Å²) >= 11 is 0. The summed E-state index contributed by atoms with van der Waals surface area (Å²) < 4.78 is 39.0. The minimum absolute atomic E-state index is 0.272. The Kier molecular flexibility index (Phi) is 3.56. The lowest BCUT2D eigenvalue weighted by Crippen LogP contribution is -2.27. The van der Waals surface area contributed by atoms with Crippen molar-refractivity contribution in [2.75, 3.05) is 0 Å². The summed E-state index contributed by atoms with van der Waals surface area (Å²) in [6.45, 7) is 0. The van der Waals surface area contributed by atoms with Crippen LogP contribution in [0.1, 0.15) is 0 Å². The Morgan fingerprint density at radius 1 is 1.31 bits per heavy atom. The highest BCUT2D eigenvalue weighted by Gasteiger charge is 2.30. The number of halogens is 3. The molecule has 0 saturated carbocycles. The van der Waals surface area contributed by atoms with Crippen LogP contribution in [-0.2, 0) is 0 Å². The molecule has 0 heterocycles. The first-order chi connectivity index (χ1) is 7.40. The maximum absolute atomic E-state index is 11.8. The molecule has 1 rings (SSSR count). The van der Waals surface area contributed by atoms with Crippen LogP contribution in [0.5, 0.6) is 5.75 Å². The number of nitrogens with zero attached hydrogens (tertiary/aromatic N) is 1. The molecule has 0 aliphatic carbocycles. The van der Waals surface area contributed by atoms with Gasteiger partial charge >= 0.3 is 6.36 Å². The van der Waals surface area contributed by atoms with Crippen LogP contribution in [0, 0.1) is 0 Å². The van der Waals surface area contributed by atoms with Crippen molar-refractivity contribution in [3.8, 4) is 5.75 Å². The van der Waals surface area contributed by atoms with Crippen LogP contribution >= 0.6 is 0 Å². The molecule has 5 nitrogen and oxygen atoms in total. The number of nitrogens with two attached hydrogens (primary N) is 1. The predicted molar refractivity (Wildman–Crippen MR) is 49.3 cm³/mol. The van der Waals surface area contributed by atoms with Crippen LogP contribution in [-0.4, -0.2) is 17.5 Å². The van der Waals surface area contributed by atoms with E-state index in [-0.39, 0.29) is 17.4 Å². The smallest absolute Gasteiger partial charge is 0.406 e. The van der Waals surface area contributed by atoms with Crippen LogP contribution in [0.15, 0.2) is 29.3 Å². The second kappa shape index (κ2) is 4.71. The van der Waals surface area contributed by atoms with Crippen molar-refractivity contribution in [2.45, 2.75) is 6.36 Å². The SMILES string of the molecule is NC(=Nc1ccc(OC(F)(F)F)cc1)NO. The van der Waals surface area contributed by atoms with Gasteiger partial charge in [0.2, 0.25) is 5.96 Å². The van der Waals surface area contributed by atoms with Crippen molar-refractivity contribution in [1.29, 1.82) is 0 Å². The monoisotopic (exact) mass is 235 g/mol. The third-order valence-electron chi connectivity index (χ3n) is 1.43. The Bertz CT molecular complexity index is 375. The Morgan fingerprint density at radius 2 is 1.88 bits per heavy atom. The van der Waals surface area contributed by atoms with Gasteiger partial charge in [-0.2, -0.15) is 0 Å². The standard InChI is InChI=1S/C8H8F3N3O2/c9-8(10,11)16-6-3-1-5(2-4-6)13-7(12)14-15/h1-4,15H,(H3,12,13,14). The first-order valence-electron chi connectivity index (χ1n) is 4.01. The van der Waals surface area contributed by atoms with E-state index in [0.717, 1.165) is 12.1 Å². The molecule has 8 heteroatoms. The fourth-order valence-electron chi connectivity index (χ4n) is 0.886. The number of rotatable bonds is 2. The molecule has 88 valence electrons. The molecular weight excluding hydrogens is 227 g/mol. The number of ether oxygens (including phenoxy) is 1. The zero-order valence-electron chi connectivity index (χ0n) is 7.82. The number of nitrogens with one attached hydrogen (secondary N) is 1. The summed E-state index contributed by atoms with van der Waals surface area (Å²) in [4.78, 5) is 3.61. The Morgan fingerprint density at radius 3 is 2.31 bits per heavy atom. The fraction of sp³-hybridized carbons (Fsp3) is 0.125. The molecular formula is C8H8F3N3O2. The number of alkyl halides is 3. The van der Waals surface area contributed by atoms with Gasteiger partial charge < -0.3 is 10.5 Å². The van der Waals surface area contributed by atoms with Gasteiger partial charge in [0.1, 0.15) is 5.75 Å². The molecule has 0 atom stereocenters. The average Bonchev–Trinajstić information content (AvgIpc) is 2.18. The lowest BCUT2D eigenvalue weighted by atomic mass is 10.3. The van der Waals surface area contributed by atoms with Crippen molar-refractivity contribution >= 4 is 11.6 Å². The van der Waals surface area contributed by atoms with Gasteiger partial charge in [0.05, 0.1) is 5.69 Å². The molecule has 4 N–H and O–H groups in total. The van der Waals surface area contributed by atoms with Gasteiger partial charge in [-0.1, -0.05) is 0 Å². The van der Waals surface area contributed by atoms with E-state index in [2.05, 4.69) is 9.73 Å². The van der Waals surface area contributed by atoms with Gasteiger partial charge in [0.25, 0.3) is 0 Å². The maximum Gasteiger partial charge on any atom is 0.573 e. The number of hydrogen-bond donors (Lipinski definition) is 3. The van der Waals surface area contributed by atoms with Gasteiger partial charge in [-0.15, -0.1) is 13.2 Å². The summed E-state index contributed by atoms with van der Waals surface area (Å²) in [6.07, 6.45) is -4.73. The second-order valence-electron chi connectivity index (χ2n) is 2.65. The first-order valence-corrected chi connectivity index (χ1v) is 4.01. The molecule has 0 unspecified atom stereocenters. The van der Waals surface area contributed by atoms with Crippen molar-refractivity contribution in [3.05, 3.63) is 24.3 Å². The summed E-state index contributed by atoms with van der Waals surface area (Å²) in [6, 6.07) is 4.67. The second-order valence-corrected chi connectivity index (χ2v) is 2.65. The van der Waals surface area contributed by atoms with Gasteiger partial charge in [-0.05, 0) is 24.3 Å². The Hall–Kier alpha value is -1.96. The molecule has 0 fully saturated rings. The summed E-state index contributed by atoms with van der Waals surface area (Å²) in [5, 5.41) is 8.32. The Balaban J connectivity index is 2.76. The third-order valence-corrected chi connectivity index (χ3v) is 1.43. The van der Waals surface area contributed by atoms with Crippen molar-refractivity contribution in [2.24, 2.45) is 10.7 Å². The minimum atomic E-state index is -4.73. The fourth-order valence-corrected chi connectivity index (χ4v) is 0.886. The van der Waals surface area contributed by atoms with E-state index in [0.29, 0.717) is 0 Å². The quantitative estimate of drug-likeness (QED) is 0.412. The molecule has 0 spiro atoms. The van der Waals surface area contributed by atoms with E-state index in [1.165, 1.54) is 12.1 Å². The lowest BCUT2D eigenvalue weighted by molar-refractivity contribution is -0.274. The molecule has 0 aliphatic heterocycles. The van der Waals surface area contributed by atoms with E-state index in [4.69, 9.17) is 10.9 Å². The lowest BCUT2D eigenvalue weighted by Gasteiger charge is -2.08. The highest BCUT2D eigenvalue weighted by atomic mass is 19.4. The van der Waals surface area contributed by atoms with E-state index < -0.39 is 6.36 Å². The summed E-state index contributed by atoms with van der Waals surface area (Å²) in [5.74, 6) is -0.633. The van der Waals surface area contributed by atoms with E-state index >= 15 is 0 Å². The van der Waals surface area contributed by atoms with E-state index in [9.17, 15) is 13.2 Å². The van der Waals surface area contributed by atoms with Crippen LogP contribution in [0.3, 0.4) is 0 Å². The molecule has 1 aromatic rings. The molecule has 0 aliphatic rings. The van der Waals surface area contributed by atoms with Crippen LogP contribution < -0.4 is 16.0 Å². The number of aliphatic imine (C=N–C) groups is 1. The van der Waals surface area contributed by atoms with E-state index in [1.807, 2.05) is 0 Å². The summed E-state index contributed by atoms with van der Waals surface area (Å²) in [7, 11) is 0. The molecule has 0 saturated heterocycles. The molecule has 0 radical (unpaired) electrons. The first kappa shape index (κ1) is 12.1. The molecule has 0 aromatic heterocycles. The van der Waals surface area contributed by atoms with Gasteiger partial charge in [-0.3, -0.25) is 5.21 Å². The highest BCUT2D eigenvalue weighted by Crippen LogP contribution is 2.24. The van der Waals surface area contributed by atoms with E-state index in [1.54, 1.807) is 5.48 Å². The van der Waals surface area contributed by atoms with Gasteiger partial charge in [0, 0.05) is 0 Å². The molecule has 1 aromatic carbocycles. The number of benzene rings is 1. The Labute approximate surface area is 88.3 Å². The predicted octanol–water partition coefficient (Wildman–Crippen LogP) is 1.51. The van der Waals surface area contributed by atoms with Crippen LogP contribution in [0.2, 0.25) is 0 Å². The molecule has 0 bridgehead atoms. The minimum Gasteiger partial charge on any atom is -0.406 e. The number of hydrogen-bond acceptors (Lipinski definition) is 3. The average molecular weight is 235 g/mol. The van der Waals surface area contributed by atoms with Crippen LogP contribution in [0.4, 0.5) is 18.9 Å². The van der Waals surface area contributed by atoms with Crippen molar-refractivity contribution in [1.82, 2.24) is 5.48 Å². The zero-order chi connectivity index (χ0) is 12.2. The number of hydroxylamine groups is 1. The van der Waals surface area contributed by atoms with Crippen LogP contribution in [0.25, 0.3) is 0 Å². The number of guanidine groups is 1. The normalized spacial score (nSPS) is 12.4. The van der Waals surface area contributed by atoms with Crippen molar-refractivity contribution in [3.63, 3.8) is 0 Å². The van der Waals surface area contributed by atoms with Gasteiger partial charge in [-0.25, -0.2) is 10.5 Å². The van der Waals surface area contributed by atoms with Gasteiger partial charge in [0.15, 0.2) is 0 Å². The molecule has 0 amide bonds.